The molecule has 0 aliphatic rings. The first-order valence-electron chi connectivity index (χ1n) is 6.86. The number of aromatic nitrogens is 1. The Bertz CT molecular complexity index is 544. The van der Waals surface area contributed by atoms with Crippen LogP contribution in [0.15, 0.2) is 36.5 Å². The number of hydrogen-bond donors (Lipinski definition) is 1. The maximum Gasteiger partial charge on any atom is 0.0603 e. The van der Waals surface area contributed by atoms with E-state index in [4.69, 9.17) is 5.73 Å². The highest BCUT2D eigenvalue weighted by molar-refractivity contribution is 5.28. The molecule has 1 aromatic carbocycles. The Hall–Kier alpha value is -1.67. The first-order chi connectivity index (χ1) is 9.10. The van der Waals surface area contributed by atoms with Gasteiger partial charge in [-0.2, -0.15) is 0 Å². The first kappa shape index (κ1) is 13.8. The highest BCUT2D eigenvalue weighted by Gasteiger charge is 2.11. The quantitative estimate of drug-likeness (QED) is 0.907. The summed E-state index contributed by atoms with van der Waals surface area (Å²) in [5, 5.41) is 0. The molecule has 0 fully saturated rings. The van der Waals surface area contributed by atoms with Crippen molar-refractivity contribution in [3.05, 3.63) is 64.5 Å². The normalized spacial score (nSPS) is 12.4. The lowest BCUT2D eigenvalue weighted by atomic mass is 9.99. The molecule has 1 atom stereocenters. The Morgan fingerprint density at radius 3 is 2.32 bits per heavy atom. The third-order valence-electron chi connectivity index (χ3n) is 3.49. The molecule has 19 heavy (non-hydrogen) atoms. The van der Waals surface area contributed by atoms with Crippen LogP contribution < -0.4 is 5.73 Å². The van der Waals surface area contributed by atoms with Crippen LogP contribution in [-0.2, 0) is 12.8 Å². The third-order valence-corrected chi connectivity index (χ3v) is 3.49. The number of rotatable bonds is 4. The van der Waals surface area contributed by atoms with E-state index in [1.54, 1.807) is 0 Å². The van der Waals surface area contributed by atoms with Crippen molar-refractivity contribution < 1.29 is 0 Å². The van der Waals surface area contributed by atoms with E-state index in [9.17, 15) is 0 Å². The molecule has 0 aliphatic heterocycles. The summed E-state index contributed by atoms with van der Waals surface area (Å²) >= 11 is 0. The van der Waals surface area contributed by atoms with Crippen LogP contribution in [0.25, 0.3) is 0 Å². The molecule has 2 heteroatoms. The topological polar surface area (TPSA) is 38.9 Å². The van der Waals surface area contributed by atoms with Crippen molar-refractivity contribution in [2.75, 3.05) is 0 Å². The number of aryl methyl sites for hydroxylation is 3. The molecule has 0 bridgehead atoms. The second-order valence-electron chi connectivity index (χ2n) is 5.20. The zero-order chi connectivity index (χ0) is 13.8. The Morgan fingerprint density at radius 1 is 1.11 bits per heavy atom. The Kier molecular flexibility index (Phi) is 4.33. The number of nitrogens with zero attached hydrogens (tertiary/aromatic N) is 1. The molecule has 100 valence electrons. The van der Waals surface area contributed by atoms with Gasteiger partial charge in [0.25, 0.3) is 0 Å². The smallest absolute Gasteiger partial charge is 0.0603 e. The van der Waals surface area contributed by atoms with E-state index in [2.05, 4.69) is 56.1 Å². The van der Waals surface area contributed by atoms with Crippen LogP contribution >= 0.6 is 0 Å². The molecular weight excluding hydrogens is 232 g/mol. The summed E-state index contributed by atoms with van der Waals surface area (Å²) in [5.74, 6) is 0. The van der Waals surface area contributed by atoms with Crippen LogP contribution in [0.1, 0.15) is 40.9 Å². The van der Waals surface area contributed by atoms with E-state index in [0.29, 0.717) is 0 Å². The molecule has 2 nitrogen and oxygen atoms in total. The summed E-state index contributed by atoms with van der Waals surface area (Å²) < 4.78 is 0. The maximum atomic E-state index is 6.29. The number of hydrogen-bond acceptors (Lipinski definition) is 2. The summed E-state index contributed by atoms with van der Waals surface area (Å²) in [7, 11) is 0. The minimum atomic E-state index is -0.0342. The van der Waals surface area contributed by atoms with Gasteiger partial charge >= 0.3 is 0 Å². The molecule has 1 unspecified atom stereocenters. The van der Waals surface area contributed by atoms with E-state index < -0.39 is 0 Å². The minimum Gasteiger partial charge on any atom is -0.322 e. The molecule has 0 aliphatic carbocycles. The summed E-state index contributed by atoms with van der Waals surface area (Å²) in [6, 6.07) is 10.8. The van der Waals surface area contributed by atoms with Gasteiger partial charge in [-0.05, 0) is 48.9 Å². The van der Waals surface area contributed by atoms with E-state index in [1.165, 1.54) is 22.3 Å². The van der Waals surface area contributed by atoms with Crippen molar-refractivity contribution in [3.63, 3.8) is 0 Å². The zero-order valence-corrected chi connectivity index (χ0v) is 12.0. The lowest BCUT2D eigenvalue weighted by Gasteiger charge is -2.14. The van der Waals surface area contributed by atoms with E-state index in [-0.39, 0.29) is 6.04 Å². The number of benzene rings is 1. The van der Waals surface area contributed by atoms with Crippen molar-refractivity contribution in [2.45, 2.75) is 39.7 Å². The fourth-order valence-corrected chi connectivity index (χ4v) is 2.38. The van der Waals surface area contributed by atoms with Crippen molar-refractivity contribution in [3.8, 4) is 0 Å². The second kappa shape index (κ2) is 5.98. The summed E-state index contributed by atoms with van der Waals surface area (Å²) in [6.45, 7) is 6.30. The summed E-state index contributed by atoms with van der Waals surface area (Å²) in [6.07, 6.45) is 3.80. The first-order valence-corrected chi connectivity index (χ1v) is 6.86. The standard InChI is InChI=1S/C17H22N2/c1-4-14-5-7-15(8-6-14)10-16(18)17-13(3)9-12(2)11-19-17/h5-9,11,16H,4,10,18H2,1-3H3. The molecule has 0 saturated heterocycles. The van der Waals surface area contributed by atoms with Crippen LogP contribution in [0.3, 0.4) is 0 Å². The summed E-state index contributed by atoms with van der Waals surface area (Å²) in [4.78, 5) is 4.48. The second-order valence-corrected chi connectivity index (χ2v) is 5.20. The van der Waals surface area contributed by atoms with Crippen LogP contribution in [0.2, 0.25) is 0 Å². The molecule has 2 N–H and O–H groups in total. The zero-order valence-electron chi connectivity index (χ0n) is 12.0. The van der Waals surface area contributed by atoms with Gasteiger partial charge in [-0.1, -0.05) is 37.3 Å². The van der Waals surface area contributed by atoms with Gasteiger partial charge in [0.15, 0.2) is 0 Å². The van der Waals surface area contributed by atoms with Gasteiger partial charge in [0.1, 0.15) is 0 Å². The largest absolute Gasteiger partial charge is 0.322 e. The minimum absolute atomic E-state index is 0.0342. The highest BCUT2D eigenvalue weighted by atomic mass is 14.8. The highest BCUT2D eigenvalue weighted by Crippen LogP contribution is 2.18. The maximum absolute atomic E-state index is 6.29. The fourth-order valence-electron chi connectivity index (χ4n) is 2.38. The molecule has 0 radical (unpaired) electrons. The monoisotopic (exact) mass is 254 g/mol. The van der Waals surface area contributed by atoms with Gasteiger partial charge in [-0.3, -0.25) is 4.98 Å². The van der Waals surface area contributed by atoms with Crippen molar-refractivity contribution in [1.82, 2.24) is 4.98 Å². The Morgan fingerprint density at radius 2 is 1.74 bits per heavy atom. The molecule has 1 aromatic heterocycles. The fraction of sp³-hybridized carbons (Fsp3) is 0.353. The van der Waals surface area contributed by atoms with E-state index in [0.717, 1.165) is 18.5 Å². The molecule has 0 saturated carbocycles. The molecule has 2 rings (SSSR count). The lowest BCUT2D eigenvalue weighted by Crippen LogP contribution is -2.16. The Labute approximate surface area is 115 Å². The van der Waals surface area contributed by atoms with E-state index in [1.807, 2.05) is 6.20 Å². The van der Waals surface area contributed by atoms with Gasteiger partial charge in [0.05, 0.1) is 11.7 Å². The third kappa shape index (κ3) is 3.42. The van der Waals surface area contributed by atoms with Gasteiger partial charge in [0, 0.05) is 6.20 Å². The van der Waals surface area contributed by atoms with Crippen LogP contribution in [0, 0.1) is 13.8 Å². The predicted molar refractivity (Wildman–Crippen MR) is 80.2 cm³/mol. The van der Waals surface area contributed by atoms with Crippen molar-refractivity contribution in [2.24, 2.45) is 5.73 Å². The van der Waals surface area contributed by atoms with Crippen LogP contribution in [-0.4, -0.2) is 4.98 Å². The SMILES string of the molecule is CCc1ccc(CC(N)c2ncc(C)cc2C)cc1. The average Bonchev–Trinajstić information content (AvgIpc) is 2.39. The van der Waals surface area contributed by atoms with Crippen molar-refractivity contribution >= 4 is 0 Å². The Balaban J connectivity index is 2.13. The summed E-state index contributed by atoms with van der Waals surface area (Å²) in [5.41, 5.74) is 12.3. The van der Waals surface area contributed by atoms with Gasteiger partial charge in [-0.25, -0.2) is 0 Å². The molecule has 2 aromatic rings. The lowest BCUT2D eigenvalue weighted by molar-refractivity contribution is 0.689. The number of nitrogens with two attached hydrogens (primary N) is 1. The molecule has 0 spiro atoms. The molecule has 0 amide bonds. The average molecular weight is 254 g/mol. The van der Waals surface area contributed by atoms with E-state index >= 15 is 0 Å². The van der Waals surface area contributed by atoms with Gasteiger partial charge in [0.2, 0.25) is 0 Å². The van der Waals surface area contributed by atoms with Crippen LogP contribution in [0.5, 0.6) is 0 Å². The predicted octanol–water partition coefficient (Wildman–Crippen LogP) is 3.50. The van der Waals surface area contributed by atoms with Crippen molar-refractivity contribution in [1.29, 1.82) is 0 Å². The molecular formula is C17H22N2. The van der Waals surface area contributed by atoms with Crippen LogP contribution in [0.4, 0.5) is 0 Å². The van der Waals surface area contributed by atoms with Gasteiger partial charge < -0.3 is 5.73 Å². The van der Waals surface area contributed by atoms with Gasteiger partial charge in [-0.15, -0.1) is 0 Å². The number of pyridine rings is 1. The molecule has 1 heterocycles.